The number of carbonyl (C=O) groups excluding carboxylic acids is 1. The number of hydrogen-bond acceptors (Lipinski definition) is 5. The monoisotopic (exact) mass is 402 g/mol. The number of hydrogen-bond donors (Lipinski definition) is 2. The number of carboxylic acid groups (broad SMARTS) is 1. The average molecular weight is 402 g/mol. The number of anilines is 1. The zero-order valence-corrected chi connectivity index (χ0v) is 15.2. The van der Waals surface area contributed by atoms with Crippen LogP contribution < -0.4 is 14.8 Å². The Bertz CT molecular complexity index is 983. The number of nitrogens with zero attached hydrogens (tertiary/aromatic N) is 1. The number of carbonyl (C=O) groups is 2. The van der Waals surface area contributed by atoms with E-state index in [4.69, 9.17) is 9.84 Å². The summed E-state index contributed by atoms with van der Waals surface area (Å²) in [4.78, 5) is 23.6. The fraction of sp³-hybridized carbons (Fsp3) is 0.150. The summed E-state index contributed by atoms with van der Waals surface area (Å²) in [7, 11) is 0. The van der Waals surface area contributed by atoms with Crippen LogP contribution in [0.3, 0.4) is 0 Å². The van der Waals surface area contributed by atoms with Gasteiger partial charge < -0.3 is 19.9 Å². The molecule has 0 aliphatic rings. The van der Waals surface area contributed by atoms with Gasteiger partial charge in [-0.25, -0.2) is 4.79 Å². The highest BCUT2D eigenvalue weighted by molar-refractivity contribution is 6.11. The van der Waals surface area contributed by atoms with Gasteiger partial charge in [0.1, 0.15) is 11.6 Å². The first-order valence-electron chi connectivity index (χ1n) is 8.32. The largest absolute Gasteiger partial charge is 0.490 e. The Labute approximate surface area is 164 Å². The van der Waals surface area contributed by atoms with Gasteiger partial charge in [0.05, 0.1) is 17.9 Å². The molecule has 2 rings (SSSR count). The third kappa shape index (κ3) is 5.77. The van der Waals surface area contributed by atoms with Gasteiger partial charge >= 0.3 is 12.6 Å². The van der Waals surface area contributed by atoms with Crippen LogP contribution in [0.25, 0.3) is 6.08 Å². The van der Waals surface area contributed by atoms with Gasteiger partial charge in [-0.2, -0.15) is 14.0 Å². The molecule has 0 bridgehead atoms. The lowest BCUT2D eigenvalue weighted by Crippen LogP contribution is -2.16. The molecule has 2 N–H and O–H groups in total. The Morgan fingerprint density at radius 1 is 1.24 bits per heavy atom. The third-order valence-corrected chi connectivity index (χ3v) is 3.57. The molecule has 0 heterocycles. The fourth-order valence-corrected chi connectivity index (χ4v) is 2.36. The summed E-state index contributed by atoms with van der Waals surface area (Å²) >= 11 is 0. The minimum absolute atomic E-state index is 0.0236. The third-order valence-electron chi connectivity index (χ3n) is 3.57. The molecule has 150 valence electrons. The van der Waals surface area contributed by atoms with Crippen molar-refractivity contribution in [3.63, 3.8) is 0 Å². The Morgan fingerprint density at radius 3 is 2.59 bits per heavy atom. The van der Waals surface area contributed by atoms with Gasteiger partial charge in [0.15, 0.2) is 11.5 Å². The summed E-state index contributed by atoms with van der Waals surface area (Å²) in [6, 6.07) is 11.4. The molecule has 9 heteroatoms. The maximum Gasteiger partial charge on any atom is 0.387 e. The Hall–Kier alpha value is -3.93. The van der Waals surface area contributed by atoms with E-state index in [-0.39, 0.29) is 34.9 Å². The first-order valence-corrected chi connectivity index (χ1v) is 8.32. The summed E-state index contributed by atoms with van der Waals surface area (Å²) < 4.78 is 34.6. The van der Waals surface area contributed by atoms with Gasteiger partial charge in [-0.05, 0) is 42.8 Å². The van der Waals surface area contributed by atoms with Crippen molar-refractivity contribution in [2.75, 3.05) is 11.9 Å². The molecule has 7 nitrogen and oxygen atoms in total. The number of amides is 1. The molecule has 0 atom stereocenters. The van der Waals surface area contributed by atoms with Crippen LogP contribution in [0.5, 0.6) is 11.5 Å². The molecule has 0 saturated carbocycles. The van der Waals surface area contributed by atoms with E-state index in [1.807, 2.05) is 0 Å². The highest BCUT2D eigenvalue weighted by atomic mass is 19.3. The fourth-order valence-electron chi connectivity index (χ4n) is 2.36. The van der Waals surface area contributed by atoms with Crippen LogP contribution in [0.4, 0.5) is 14.5 Å². The van der Waals surface area contributed by atoms with E-state index >= 15 is 0 Å². The normalized spacial score (nSPS) is 10.9. The molecule has 2 aromatic rings. The topological polar surface area (TPSA) is 109 Å². The number of ether oxygens (including phenoxy) is 2. The number of alkyl halides is 2. The second-order valence-electron chi connectivity index (χ2n) is 5.49. The van der Waals surface area contributed by atoms with Crippen LogP contribution in [0.2, 0.25) is 0 Å². The molecular formula is C20H16F2N2O5. The van der Waals surface area contributed by atoms with Crippen molar-refractivity contribution in [2.24, 2.45) is 0 Å². The van der Waals surface area contributed by atoms with Crippen molar-refractivity contribution in [1.82, 2.24) is 0 Å². The van der Waals surface area contributed by atoms with Crippen LogP contribution in [0.1, 0.15) is 22.8 Å². The molecule has 1 amide bonds. The van der Waals surface area contributed by atoms with Crippen LogP contribution in [0.15, 0.2) is 48.0 Å². The van der Waals surface area contributed by atoms with Gasteiger partial charge in [-0.1, -0.05) is 18.2 Å². The number of nitrogens with one attached hydrogen (secondary N) is 1. The molecule has 0 radical (unpaired) electrons. The van der Waals surface area contributed by atoms with Crippen molar-refractivity contribution in [3.05, 3.63) is 59.2 Å². The number of benzene rings is 2. The Kier molecular flexibility index (Phi) is 7.26. The minimum atomic E-state index is -3.04. The molecule has 0 aliphatic carbocycles. The molecule has 0 aromatic heterocycles. The summed E-state index contributed by atoms with van der Waals surface area (Å²) in [5.41, 5.74) is -0.101. The summed E-state index contributed by atoms with van der Waals surface area (Å²) in [6.45, 7) is -1.20. The van der Waals surface area contributed by atoms with Gasteiger partial charge in [-0.15, -0.1) is 0 Å². The van der Waals surface area contributed by atoms with Crippen molar-refractivity contribution in [2.45, 2.75) is 13.5 Å². The van der Waals surface area contributed by atoms with E-state index in [0.29, 0.717) is 5.56 Å². The van der Waals surface area contributed by atoms with Gasteiger partial charge in [-0.3, -0.25) is 4.79 Å². The lowest BCUT2D eigenvalue weighted by molar-refractivity contribution is -0.112. The standard InChI is InChI=1S/C20H16F2N2O5/c1-2-28-17-10-12(7-8-16(17)29-20(21)22)9-13(11-23)18(25)24-15-6-4-3-5-14(15)19(26)27/h3-10,20H,2H2,1H3,(H,24,25)(H,26,27)/b13-9+. The predicted octanol–water partition coefficient (Wildman–Crippen LogP) is 3.93. The number of aromatic carboxylic acids is 1. The molecule has 0 saturated heterocycles. The quantitative estimate of drug-likeness (QED) is 0.512. The number of rotatable bonds is 8. The highest BCUT2D eigenvalue weighted by Gasteiger charge is 2.16. The van der Waals surface area contributed by atoms with Crippen LogP contribution in [0, 0.1) is 11.3 Å². The molecule has 0 unspecified atom stereocenters. The van der Waals surface area contributed by atoms with E-state index in [1.54, 1.807) is 13.0 Å². The van der Waals surface area contributed by atoms with Crippen molar-refractivity contribution < 1.29 is 33.0 Å². The van der Waals surface area contributed by atoms with Crippen LogP contribution in [-0.4, -0.2) is 30.2 Å². The number of nitriles is 1. The Morgan fingerprint density at radius 2 is 1.97 bits per heavy atom. The molecule has 0 fully saturated rings. The maximum atomic E-state index is 12.5. The second-order valence-corrected chi connectivity index (χ2v) is 5.49. The lowest BCUT2D eigenvalue weighted by Gasteiger charge is -2.12. The van der Waals surface area contributed by atoms with Crippen molar-refractivity contribution in [1.29, 1.82) is 5.26 Å². The SMILES string of the molecule is CCOc1cc(/C=C(\C#N)C(=O)Nc2ccccc2C(=O)O)ccc1OC(F)F. The van der Waals surface area contributed by atoms with Gasteiger partial charge in [0.25, 0.3) is 5.91 Å². The van der Waals surface area contributed by atoms with E-state index in [9.17, 15) is 23.6 Å². The number of para-hydroxylation sites is 1. The van der Waals surface area contributed by atoms with E-state index in [0.717, 1.165) is 0 Å². The summed E-state index contributed by atoms with van der Waals surface area (Å²) in [5.74, 6) is -2.22. The zero-order chi connectivity index (χ0) is 21.4. The second kappa shape index (κ2) is 9.85. The molecule has 0 aliphatic heterocycles. The predicted molar refractivity (Wildman–Crippen MR) is 99.9 cm³/mol. The average Bonchev–Trinajstić information content (AvgIpc) is 2.68. The van der Waals surface area contributed by atoms with E-state index in [2.05, 4.69) is 10.1 Å². The van der Waals surface area contributed by atoms with Gasteiger partial charge in [0, 0.05) is 0 Å². The summed E-state index contributed by atoms with van der Waals surface area (Å²) in [5, 5.41) is 20.9. The van der Waals surface area contributed by atoms with E-state index in [1.165, 1.54) is 48.5 Å². The van der Waals surface area contributed by atoms with Crippen LogP contribution >= 0.6 is 0 Å². The first-order chi connectivity index (χ1) is 13.8. The molecule has 0 spiro atoms. The van der Waals surface area contributed by atoms with Crippen molar-refractivity contribution in [3.8, 4) is 17.6 Å². The van der Waals surface area contributed by atoms with Crippen molar-refractivity contribution >= 4 is 23.6 Å². The number of halogens is 2. The van der Waals surface area contributed by atoms with Gasteiger partial charge in [0.2, 0.25) is 0 Å². The van der Waals surface area contributed by atoms with Crippen LogP contribution in [-0.2, 0) is 4.79 Å². The Balaban J connectivity index is 2.31. The molecule has 29 heavy (non-hydrogen) atoms. The smallest absolute Gasteiger partial charge is 0.387 e. The molecular weight excluding hydrogens is 386 g/mol. The summed E-state index contributed by atoms with van der Waals surface area (Å²) in [6.07, 6.45) is 1.22. The zero-order valence-electron chi connectivity index (χ0n) is 15.2. The lowest BCUT2D eigenvalue weighted by atomic mass is 10.1. The minimum Gasteiger partial charge on any atom is -0.490 e. The number of carboxylic acids is 1. The maximum absolute atomic E-state index is 12.5. The molecule has 2 aromatic carbocycles. The van der Waals surface area contributed by atoms with E-state index < -0.39 is 18.5 Å². The first kappa shape index (κ1) is 21.4. The highest BCUT2D eigenvalue weighted by Crippen LogP contribution is 2.30.